The topological polar surface area (TPSA) is 76.3 Å². The molecular weight excluding hydrogens is 238 g/mol. The molecule has 0 radical (unpaired) electrons. The minimum absolute atomic E-state index is 0.0135. The van der Waals surface area contributed by atoms with E-state index in [1.165, 1.54) is 22.8 Å². The van der Waals surface area contributed by atoms with Crippen LogP contribution >= 0.6 is 0 Å². The van der Waals surface area contributed by atoms with E-state index in [1.807, 2.05) is 6.92 Å². The minimum atomic E-state index is -3.53. The number of anilines is 1. The predicted octanol–water partition coefficient (Wildman–Crippen LogP) is 1.08. The van der Waals surface area contributed by atoms with Gasteiger partial charge in [-0.3, -0.25) is 4.98 Å². The van der Waals surface area contributed by atoms with E-state index < -0.39 is 10.0 Å². The summed E-state index contributed by atoms with van der Waals surface area (Å²) in [6.45, 7) is 1.93. The summed E-state index contributed by atoms with van der Waals surface area (Å²) in [6.07, 6.45) is 4.99. The van der Waals surface area contributed by atoms with Gasteiger partial charge in [-0.25, -0.2) is 8.42 Å². The lowest BCUT2D eigenvalue weighted by Crippen LogP contribution is -2.36. The SMILES string of the molecule is CC(C1CC1)N(C)S(=O)(=O)c1cnccc1N. The van der Waals surface area contributed by atoms with Crippen LogP contribution in [0.5, 0.6) is 0 Å². The van der Waals surface area contributed by atoms with Gasteiger partial charge in [-0.15, -0.1) is 0 Å². The maximum Gasteiger partial charge on any atom is 0.246 e. The fraction of sp³-hybridized carbons (Fsp3) is 0.545. The average Bonchev–Trinajstić information content (AvgIpc) is 3.11. The molecule has 0 bridgehead atoms. The number of hydrogen-bond donors (Lipinski definition) is 1. The van der Waals surface area contributed by atoms with Gasteiger partial charge in [-0.1, -0.05) is 0 Å². The molecular formula is C11H17N3O2S. The van der Waals surface area contributed by atoms with Crippen LogP contribution in [0.3, 0.4) is 0 Å². The number of nitrogen functional groups attached to an aromatic ring is 1. The Morgan fingerprint density at radius 1 is 1.53 bits per heavy atom. The van der Waals surface area contributed by atoms with Crippen LogP contribution in [-0.4, -0.2) is 30.8 Å². The van der Waals surface area contributed by atoms with Gasteiger partial charge in [0.05, 0.1) is 5.69 Å². The third kappa shape index (κ3) is 2.28. The molecule has 0 saturated heterocycles. The molecule has 5 nitrogen and oxygen atoms in total. The summed E-state index contributed by atoms with van der Waals surface area (Å²) in [7, 11) is -1.93. The fourth-order valence-corrected chi connectivity index (χ4v) is 3.34. The number of pyridine rings is 1. The molecule has 0 amide bonds. The van der Waals surface area contributed by atoms with Crippen molar-refractivity contribution in [3.05, 3.63) is 18.5 Å². The van der Waals surface area contributed by atoms with Crippen LogP contribution in [0, 0.1) is 5.92 Å². The number of rotatable bonds is 4. The lowest BCUT2D eigenvalue weighted by molar-refractivity contribution is 0.357. The fourth-order valence-electron chi connectivity index (χ4n) is 1.86. The monoisotopic (exact) mass is 255 g/mol. The Morgan fingerprint density at radius 2 is 2.18 bits per heavy atom. The standard InChI is InChI=1S/C11H17N3O2S/c1-8(9-3-4-9)14(2)17(15,16)11-7-13-6-5-10(11)12/h5-9H,3-4H2,1-2H3,(H2,12,13). The second-order valence-electron chi connectivity index (χ2n) is 4.51. The maximum absolute atomic E-state index is 12.3. The molecule has 1 saturated carbocycles. The Morgan fingerprint density at radius 3 is 2.71 bits per heavy atom. The highest BCUT2D eigenvalue weighted by atomic mass is 32.2. The normalized spacial score (nSPS) is 18.3. The summed E-state index contributed by atoms with van der Waals surface area (Å²) in [6, 6.07) is 1.52. The highest BCUT2D eigenvalue weighted by molar-refractivity contribution is 7.89. The van der Waals surface area contributed by atoms with Gasteiger partial charge >= 0.3 is 0 Å². The molecule has 1 aromatic rings. The molecule has 1 unspecified atom stereocenters. The molecule has 0 aromatic carbocycles. The van der Waals surface area contributed by atoms with E-state index in [9.17, 15) is 8.42 Å². The zero-order valence-corrected chi connectivity index (χ0v) is 10.8. The zero-order chi connectivity index (χ0) is 12.6. The Labute approximate surface area is 102 Å². The second-order valence-corrected chi connectivity index (χ2v) is 6.48. The molecule has 1 atom stereocenters. The Balaban J connectivity index is 2.32. The third-order valence-corrected chi connectivity index (χ3v) is 5.34. The molecule has 1 heterocycles. The molecule has 2 rings (SSSR count). The van der Waals surface area contributed by atoms with Crippen LogP contribution in [0.25, 0.3) is 0 Å². The van der Waals surface area contributed by atoms with Crippen LogP contribution in [0.15, 0.2) is 23.4 Å². The number of aromatic nitrogens is 1. The molecule has 17 heavy (non-hydrogen) atoms. The summed E-state index contributed by atoms with van der Waals surface area (Å²) in [4.78, 5) is 3.92. The number of nitrogens with two attached hydrogens (primary N) is 1. The highest BCUT2D eigenvalue weighted by Gasteiger charge is 2.36. The van der Waals surface area contributed by atoms with Gasteiger partial charge in [0.15, 0.2) is 0 Å². The van der Waals surface area contributed by atoms with Gasteiger partial charge in [0, 0.05) is 25.5 Å². The Bertz CT molecular complexity index is 511. The molecule has 1 aromatic heterocycles. The maximum atomic E-state index is 12.3. The lowest BCUT2D eigenvalue weighted by atomic mass is 10.2. The quantitative estimate of drug-likeness (QED) is 0.873. The number of sulfonamides is 1. The van der Waals surface area contributed by atoms with Crippen LogP contribution in [0.1, 0.15) is 19.8 Å². The van der Waals surface area contributed by atoms with E-state index in [0.717, 1.165) is 12.8 Å². The van der Waals surface area contributed by atoms with E-state index in [1.54, 1.807) is 7.05 Å². The highest BCUT2D eigenvalue weighted by Crippen LogP contribution is 2.36. The summed E-state index contributed by atoms with van der Waals surface area (Å²) >= 11 is 0. The second kappa shape index (κ2) is 4.27. The first-order valence-electron chi connectivity index (χ1n) is 5.62. The largest absolute Gasteiger partial charge is 0.398 e. The number of hydrogen-bond acceptors (Lipinski definition) is 4. The van der Waals surface area contributed by atoms with E-state index in [-0.39, 0.29) is 16.6 Å². The summed E-state index contributed by atoms with van der Waals surface area (Å²) < 4.78 is 26.1. The molecule has 1 fully saturated rings. The van der Waals surface area contributed by atoms with Crippen molar-refractivity contribution in [3.63, 3.8) is 0 Å². The minimum Gasteiger partial charge on any atom is -0.398 e. The van der Waals surface area contributed by atoms with Gasteiger partial charge in [0.1, 0.15) is 4.90 Å². The van der Waals surface area contributed by atoms with Crippen LogP contribution in [0.4, 0.5) is 5.69 Å². The van der Waals surface area contributed by atoms with Gasteiger partial charge in [-0.2, -0.15) is 4.31 Å². The average molecular weight is 255 g/mol. The van der Waals surface area contributed by atoms with Gasteiger partial charge in [-0.05, 0) is 31.7 Å². The first-order valence-corrected chi connectivity index (χ1v) is 7.06. The lowest BCUT2D eigenvalue weighted by Gasteiger charge is -2.24. The molecule has 1 aliphatic rings. The first kappa shape index (κ1) is 12.3. The Kier molecular flexibility index (Phi) is 3.09. The van der Waals surface area contributed by atoms with Gasteiger partial charge in [0.2, 0.25) is 10.0 Å². The molecule has 0 spiro atoms. The van der Waals surface area contributed by atoms with Crippen molar-refractivity contribution in [3.8, 4) is 0 Å². The van der Waals surface area contributed by atoms with Crippen molar-refractivity contribution in [1.82, 2.24) is 9.29 Å². The van der Waals surface area contributed by atoms with Crippen LogP contribution in [-0.2, 0) is 10.0 Å². The molecule has 1 aliphatic carbocycles. The predicted molar refractivity (Wildman–Crippen MR) is 65.8 cm³/mol. The van der Waals surface area contributed by atoms with Crippen LogP contribution < -0.4 is 5.73 Å². The van der Waals surface area contributed by atoms with Gasteiger partial charge in [0.25, 0.3) is 0 Å². The molecule has 94 valence electrons. The van der Waals surface area contributed by atoms with E-state index in [2.05, 4.69) is 4.98 Å². The van der Waals surface area contributed by atoms with Crippen molar-refractivity contribution >= 4 is 15.7 Å². The van der Waals surface area contributed by atoms with Crippen molar-refractivity contribution in [1.29, 1.82) is 0 Å². The van der Waals surface area contributed by atoms with Gasteiger partial charge < -0.3 is 5.73 Å². The molecule has 0 aliphatic heterocycles. The summed E-state index contributed by atoms with van der Waals surface area (Å²) in [5, 5.41) is 0. The van der Waals surface area contributed by atoms with Crippen molar-refractivity contribution < 1.29 is 8.42 Å². The molecule has 6 heteroatoms. The summed E-state index contributed by atoms with van der Waals surface area (Å²) in [5.41, 5.74) is 5.94. The van der Waals surface area contributed by atoms with E-state index in [4.69, 9.17) is 5.73 Å². The Hall–Kier alpha value is -1.14. The van der Waals surface area contributed by atoms with Crippen LogP contribution in [0.2, 0.25) is 0 Å². The summed E-state index contributed by atoms with van der Waals surface area (Å²) in [5.74, 6) is 0.479. The first-order chi connectivity index (χ1) is 7.94. The van der Waals surface area contributed by atoms with E-state index >= 15 is 0 Å². The number of nitrogens with zero attached hydrogens (tertiary/aromatic N) is 2. The zero-order valence-electron chi connectivity index (χ0n) is 10.00. The smallest absolute Gasteiger partial charge is 0.246 e. The third-order valence-electron chi connectivity index (χ3n) is 3.35. The van der Waals surface area contributed by atoms with Crippen molar-refractivity contribution in [2.75, 3.05) is 12.8 Å². The van der Waals surface area contributed by atoms with Crippen molar-refractivity contribution in [2.24, 2.45) is 5.92 Å². The van der Waals surface area contributed by atoms with E-state index in [0.29, 0.717) is 5.92 Å². The molecule has 2 N–H and O–H groups in total. The van der Waals surface area contributed by atoms with Crippen molar-refractivity contribution in [2.45, 2.75) is 30.7 Å².